The lowest BCUT2D eigenvalue weighted by Crippen LogP contribution is -2.68. The van der Waals surface area contributed by atoms with E-state index in [1.54, 1.807) is 0 Å². The number of rotatable bonds is 6. The number of nitrogens with zero attached hydrogens (tertiary/aromatic N) is 3. The predicted octanol–water partition coefficient (Wildman–Crippen LogP) is 10.4. The van der Waals surface area contributed by atoms with E-state index in [-0.39, 0.29) is 18.1 Å². The Balaban J connectivity index is 2.18. The van der Waals surface area contributed by atoms with Gasteiger partial charge in [-0.3, -0.25) is 0 Å². The van der Waals surface area contributed by atoms with E-state index in [4.69, 9.17) is 0 Å². The Morgan fingerprint density at radius 2 is 0.705 bits per heavy atom. The molecule has 1 heterocycles. The van der Waals surface area contributed by atoms with Crippen LogP contribution in [0.2, 0.25) is 6.32 Å². The molecule has 0 radical (unpaired) electrons. The molecule has 0 aromatic heterocycles. The summed E-state index contributed by atoms with van der Waals surface area (Å²) in [5, 5.41) is 1.51. The summed E-state index contributed by atoms with van der Waals surface area (Å²) >= 11 is 0. The molecule has 0 amide bonds. The van der Waals surface area contributed by atoms with Gasteiger partial charge in [0.05, 0.1) is 28.0 Å². The summed E-state index contributed by atoms with van der Waals surface area (Å²) < 4.78 is 311. The Morgan fingerprint density at radius 3 is 1.00 bits per heavy atom. The molecule has 0 N–H and O–H groups in total. The van der Waals surface area contributed by atoms with E-state index in [9.17, 15) is 17.6 Å². The molecular formula is C36H17BF20N3P. The van der Waals surface area contributed by atoms with Crippen molar-refractivity contribution >= 4 is 40.6 Å². The van der Waals surface area contributed by atoms with Gasteiger partial charge in [0.1, 0.15) is 23.3 Å². The van der Waals surface area contributed by atoms with Crippen molar-refractivity contribution in [2.75, 3.05) is 0 Å². The molecule has 3 nitrogen and oxygen atoms in total. The van der Waals surface area contributed by atoms with E-state index in [2.05, 4.69) is 10.3 Å². The van der Waals surface area contributed by atoms with Crippen LogP contribution in [0.5, 0.6) is 0 Å². The van der Waals surface area contributed by atoms with Gasteiger partial charge in [0.25, 0.3) is 6.28 Å². The summed E-state index contributed by atoms with van der Waals surface area (Å²) in [6, 6.07) is 2.47. The van der Waals surface area contributed by atoms with Crippen molar-refractivity contribution in [2.45, 2.75) is 39.7 Å². The highest BCUT2D eigenvalue weighted by atomic mass is 31.2. The third-order valence-electron chi connectivity index (χ3n) is 10.4. The van der Waals surface area contributed by atoms with Crippen molar-refractivity contribution in [3.05, 3.63) is 145 Å². The van der Waals surface area contributed by atoms with Crippen LogP contribution in [0.4, 0.5) is 93.5 Å². The number of aryl methyl sites for hydroxylation is 3. The summed E-state index contributed by atoms with van der Waals surface area (Å²) in [4.78, 5) is 0. The monoisotopic (exact) mass is 913 g/mol. The fourth-order valence-corrected chi connectivity index (χ4v) is 13.3. The van der Waals surface area contributed by atoms with Crippen LogP contribution in [-0.4, -0.2) is 16.3 Å². The lowest BCUT2D eigenvalue weighted by Gasteiger charge is -2.37. The van der Waals surface area contributed by atoms with Gasteiger partial charge in [-0.15, -0.1) is 6.32 Å². The molecule has 0 saturated carbocycles. The normalized spacial score (nSPS) is 16.1. The van der Waals surface area contributed by atoms with Gasteiger partial charge >= 0.3 is 0 Å². The van der Waals surface area contributed by atoms with Gasteiger partial charge in [-0.25, -0.2) is 87.8 Å². The molecule has 0 bridgehead atoms. The molecular weight excluding hydrogens is 896 g/mol. The van der Waals surface area contributed by atoms with Crippen molar-refractivity contribution in [1.82, 2.24) is 0 Å². The first kappa shape index (κ1) is 45.1. The predicted molar refractivity (Wildman–Crippen MR) is 176 cm³/mol. The highest BCUT2D eigenvalue weighted by Gasteiger charge is 2.62. The fourth-order valence-electron chi connectivity index (χ4n) is 8.06. The van der Waals surface area contributed by atoms with Crippen LogP contribution in [0.1, 0.15) is 23.6 Å². The van der Waals surface area contributed by atoms with Gasteiger partial charge in [0.15, 0.2) is 81.4 Å². The van der Waals surface area contributed by atoms with Gasteiger partial charge in [-0.2, -0.15) is 0 Å². The standard InChI is InChI=1S/C36H17BF20N3P/c1-8-5-9(2)34(10(3)6-8)58-59-60-37(12-14(38)18(42)22(46)19(43)15(12)39,13-16(40)20(44)23(47)21(45)17(13)41)7-11(4)61(60,35-30(54)26(50)24(48)27(51)31(35)55)36-32(56)28(52)25(49)29(53)33(36)57/h5-6,11H,7H2,1-4H3/t11-/m0/s1. The first-order valence-electron chi connectivity index (χ1n) is 16.7. The Hall–Kier alpha value is -5.41. The van der Waals surface area contributed by atoms with Gasteiger partial charge in [-0.05, 0) is 26.4 Å². The average Bonchev–Trinajstić information content (AvgIpc) is 3.44. The van der Waals surface area contributed by atoms with Crippen molar-refractivity contribution in [1.29, 1.82) is 0 Å². The average molecular weight is 913 g/mol. The zero-order valence-corrected chi connectivity index (χ0v) is 31.3. The van der Waals surface area contributed by atoms with Crippen LogP contribution in [0.15, 0.2) is 22.5 Å². The summed E-state index contributed by atoms with van der Waals surface area (Å²) in [7, 11) is -6.88. The molecule has 0 saturated heterocycles. The minimum atomic E-state index is -6.88. The molecule has 6 rings (SSSR count). The maximum Gasteiger partial charge on any atom is 0.279 e. The van der Waals surface area contributed by atoms with E-state index < -0.39 is 173 Å². The molecule has 1 aliphatic heterocycles. The Labute approximate surface area is 327 Å². The van der Waals surface area contributed by atoms with E-state index in [0.29, 0.717) is 5.56 Å². The van der Waals surface area contributed by atoms with E-state index in [1.807, 2.05) is 0 Å². The number of halogens is 20. The molecule has 5 aromatic rings. The number of hydrogen-bond acceptors (Lipinski definition) is 2. The molecule has 0 spiro atoms. The largest absolute Gasteiger partial charge is 0.330 e. The van der Waals surface area contributed by atoms with Gasteiger partial charge < -0.3 is 4.35 Å². The maximum atomic E-state index is 16.4. The minimum Gasteiger partial charge on any atom is -0.330 e. The van der Waals surface area contributed by atoms with Crippen molar-refractivity contribution < 1.29 is 92.2 Å². The highest BCUT2D eigenvalue weighted by molar-refractivity contribution is 7.80. The van der Waals surface area contributed by atoms with Crippen LogP contribution >= 0.6 is 7.05 Å². The van der Waals surface area contributed by atoms with E-state index in [1.165, 1.54) is 32.9 Å². The molecule has 61 heavy (non-hydrogen) atoms. The van der Waals surface area contributed by atoms with Gasteiger partial charge in [0, 0.05) is 11.1 Å². The van der Waals surface area contributed by atoms with Crippen molar-refractivity contribution in [3.8, 4) is 0 Å². The first-order valence-corrected chi connectivity index (χ1v) is 18.5. The Kier molecular flexibility index (Phi) is 11.2. The second-order valence-electron chi connectivity index (χ2n) is 13.8. The molecule has 0 fully saturated rings. The molecule has 5 aromatic carbocycles. The Morgan fingerprint density at radius 1 is 0.443 bits per heavy atom. The number of hydrogen-bond donors (Lipinski definition) is 0. The third-order valence-corrected chi connectivity index (χ3v) is 15.2. The third kappa shape index (κ3) is 6.00. The van der Waals surface area contributed by atoms with Gasteiger partial charge in [0.2, 0.25) is 17.3 Å². The van der Waals surface area contributed by atoms with Crippen molar-refractivity contribution in [2.24, 2.45) is 10.3 Å². The zero-order valence-electron chi connectivity index (χ0n) is 30.4. The quantitative estimate of drug-likeness (QED) is 0.0406. The summed E-state index contributed by atoms with van der Waals surface area (Å²) in [5.74, 6) is -63.6. The van der Waals surface area contributed by atoms with Crippen LogP contribution in [0.3, 0.4) is 0 Å². The minimum absolute atomic E-state index is 0.101. The zero-order chi connectivity index (χ0) is 45.9. The number of benzene rings is 5. The molecule has 324 valence electrons. The van der Waals surface area contributed by atoms with Crippen LogP contribution < -0.4 is 21.5 Å². The lowest BCUT2D eigenvalue weighted by molar-refractivity contribution is -0.384. The highest BCUT2D eigenvalue weighted by Crippen LogP contribution is 2.63. The molecule has 25 heteroatoms. The molecule has 1 aliphatic rings. The topological polar surface area (TPSA) is 27.7 Å². The fraction of sp³-hybridized carbons (Fsp3) is 0.167. The lowest BCUT2D eigenvalue weighted by atomic mass is 9.25. The first-order chi connectivity index (χ1) is 28.3. The summed E-state index contributed by atoms with van der Waals surface area (Å²) in [5.41, 5.74) is -8.98. The molecule has 0 unspecified atom stereocenters. The second-order valence-corrected chi connectivity index (χ2v) is 17.4. The molecule has 1 atom stereocenters. The molecule has 0 aliphatic carbocycles. The van der Waals surface area contributed by atoms with Crippen molar-refractivity contribution in [3.63, 3.8) is 0 Å². The van der Waals surface area contributed by atoms with E-state index >= 15 is 70.2 Å². The maximum absolute atomic E-state index is 16.4. The van der Waals surface area contributed by atoms with Gasteiger partial charge in [-0.1, -0.05) is 35.5 Å². The van der Waals surface area contributed by atoms with E-state index in [0.717, 1.165) is 0 Å². The SMILES string of the molecule is Cc1cc(C)c(N=N[N+]2=P(c3c(F)c(F)c(F)c(F)c3F)(c3c(F)c(F)c(F)c(F)c3F)[C@@H](C)C[B-]2(c2c(F)c(F)c(F)c(F)c2F)c2c(F)c(F)c(F)c(F)c2F)c(C)c1. The summed E-state index contributed by atoms with van der Waals surface area (Å²) in [6.45, 7) is 4.05. The smallest absolute Gasteiger partial charge is 0.279 e. The second kappa shape index (κ2) is 15.2. The summed E-state index contributed by atoms with van der Waals surface area (Å²) in [6.07, 6.45) is -8.18. The van der Waals surface area contributed by atoms with Crippen LogP contribution in [0.25, 0.3) is 0 Å². The Bertz CT molecular complexity index is 2600. The van der Waals surface area contributed by atoms with Crippen LogP contribution in [0, 0.1) is 137 Å². The van der Waals surface area contributed by atoms with Crippen LogP contribution in [-0.2, 0) is 0 Å².